The number of alkyl halides is 1. The van der Waals surface area contributed by atoms with Crippen LogP contribution in [0.4, 0.5) is 4.79 Å². The second kappa shape index (κ2) is 5.39. The topological polar surface area (TPSA) is 58.6 Å². The molecule has 5 nitrogen and oxygen atoms in total. The summed E-state index contributed by atoms with van der Waals surface area (Å²) in [5, 5.41) is 2.10. The number of amides is 2. The van der Waals surface area contributed by atoms with Gasteiger partial charge < -0.3 is 15.0 Å². The van der Waals surface area contributed by atoms with Crippen molar-refractivity contribution in [2.75, 3.05) is 13.1 Å². The van der Waals surface area contributed by atoms with E-state index in [1.807, 2.05) is 13.8 Å². The van der Waals surface area contributed by atoms with Crippen LogP contribution in [0.5, 0.6) is 0 Å². The molecule has 0 spiro atoms. The molecule has 1 unspecified atom stereocenters. The number of hydrogen-bond acceptors (Lipinski definition) is 3. The van der Waals surface area contributed by atoms with Crippen LogP contribution in [0.3, 0.4) is 0 Å². The zero-order valence-corrected chi connectivity index (χ0v) is 10.5. The highest BCUT2D eigenvalue weighted by atomic mass is 35.5. The third-order valence-electron chi connectivity index (χ3n) is 2.18. The van der Waals surface area contributed by atoms with Gasteiger partial charge in [-0.15, -0.1) is 11.6 Å². The molecular weight excluding hydrogens is 232 g/mol. The second-order valence-corrected chi connectivity index (χ2v) is 4.84. The summed E-state index contributed by atoms with van der Waals surface area (Å²) in [6.45, 7) is 6.20. The third-order valence-corrected chi connectivity index (χ3v) is 2.37. The lowest BCUT2D eigenvalue weighted by molar-refractivity contribution is -0.140. The zero-order chi connectivity index (χ0) is 12.3. The van der Waals surface area contributed by atoms with E-state index in [-0.39, 0.29) is 18.1 Å². The largest absolute Gasteiger partial charge is 0.442 e. The molecule has 1 atom stereocenters. The predicted molar refractivity (Wildman–Crippen MR) is 60.4 cm³/mol. The summed E-state index contributed by atoms with van der Waals surface area (Å²) < 4.78 is 5.07. The van der Waals surface area contributed by atoms with Crippen LogP contribution in [0.2, 0.25) is 0 Å². The van der Waals surface area contributed by atoms with Crippen molar-refractivity contribution >= 4 is 23.6 Å². The molecule has 92 valence electrons. The van der Waals surface area contributed by atoms with Crippen LogP contribution in [-0.4, -0.2) is 47.5 Å². The zero-order valence-electron chi connectivity index (χ0n) is 9.70. The van der Waals surface area contributed by atoms with E-state index in [0.29, 0.717) is 13.1 Å². The van der Waals surface area contributed by atoms with Gasteiger partial charge in [0.25, 0.3) is 0 Å². The van der Waals surface area contributed by atoms with Gasteiger partial charge in [0, 0.05) is 6.04 Å². The SMILES string of the molecule is CC(C)NC(=O)OC1CN(C(=O)C(C)Cl)C1. The molecule has 0 saturated carbocycles. The number of hydrogen-bond donors (Lipinski definition) is 1. The second-order valence-electron chi connectivity index (χ2n) is 4.19. The summed E-state index contributed by atoms with van der Waals surface area (Å²) >= 11 is 5.65. The lowest BCUT2D eigenvalue weighted by Gasteiger charge is -2.38. The first-order valence-electron chi connectivity index (χ1n) is 5.30. The lowest BCUT2D eigenvalue weighted by atomic mass is 10.1. The van der Waals surface area contributed by atoms with E-state index in [0.717, 1.165) is 0 Å². The Balaban J connectivity index is 2.21. The van der Waals surface area contributed by atoms with Crippen LogP contribution in [0.25, 0.3) is 0 Å². The average molecular weight is 249 g/mol. The minimum Gasteiger partial charge on any atom is -0.442 e. The quantitative estimate of drug-likeness (QED) is 0.757. The maximum atomic E-state index is 11.4. The van der Waals surface area contributed by atoms with E-state index in [9.17, 15) is 9.59 Å². The molecule has 0 aromatic rings. The molecule has 1 rings (SSSR count). The lowest BCUT2D eigenvalue weighted by Crippen LogP contribution is -2.57. The van der Waals surface area contributed by atoms with Crippen LogP contribution in [-0.2, 0) is 9.53 Å². The molecule has 0 bridgehead atoms. The fraction of sp³-hybridized carbons (Fsp3) is 0.800. The van der Waals surface area contributed by atoms with Crippen molar-refractivity contribution in [2.24, 2.45) is 0 Å². The molecule has 6 heteroatoms. The van der Waals surface area contributed by atoms with Gasteiger partial charge in [0.1, 0.15) is 11.5 Å². The molecule has 1 saturated heterocycles. The van der Waals surface area contributed by atoms with Crippen LogP contribution < -0.4 is 5.32 Å². The van der Waals surface area contributed by atoms with Gasteiger partial charge in [-0.1, -0.05) is 0 Å². The molecule has 1 N–H and O–H groups in total. The van der Waals surface area contributed by atoms with E-state index in [1.165, 1.54) is 0 Å². The Morgan fingerprint density at radius 1 is 1.38 bits per heavy atom. The smallest absolute Gasteiger partial charge is 0.407 e. The average Bonchev–Trinajstić information content (AvgIpc) is 2.08. The van der Waals surface area contributed by atoms with Crippen molar-refractivity contribution in [1.82, 2.24) is 10.2 Å². The van der Waals surface area contributed by atoms with E-state index < -0.39 is 11.5 Å². The first kappa shape index (κ1) is 13.1. The van der Waals surface area contributed by atoms with Crippen LogP contribution >= 0.6 is 11.6 Å². The van der Waals surface area contributed by atoms with Gasteiger partial charge in [-0.05, 0) is 20.8 Å². The number of alkyl carbamates (subject to hydrolysis) is 1. The molecule has 1 fully saturated rings. The molecule has 2 amide bonds. The Bertz CT molecular complexity index is 275. The van der Waals surface area contributed by atoms with Crippen molar-refractivity contribution in [3.05, 3.63) is 0 Å². The van der Waals surface area contributed by atoms with Gasteiger partial charge in [0.05, 0.1) is 13.1 Å². The summed E-state index contributed by atoms with van der Waals surface area (Å²) in [5.41, 5.74) is 0. The maximum absolute atomic E-state index is 11.4. The Kier molecular flexibility index (Phi) is 4.41. The highest BCUT2D eigenvalue weighted by Crippen LogP contribution is 2.15. The molecule has 0 aromatic carbocycles. The summed E-state index contributed by atoms with van der Waals surface area (Å²) in [7, 11) is 0. The van der Waals surface area contributed by atoms with Crippen LogP contribution in [0, 0.1) is 0 Å². The number of likely N-dealkylation sites (tertiary alicyclic amines) is 1. The summed E-state index contributed by atoms with van der Waals surface area (Å²) in [6.07, 6.45) is -0.649. The van der Waals surface area contributed by atoms with Gasteiger partial charge >= 0.3 is 6.09 Å². The standard InChI is InChI=1S/C10H17ClN2O3/c1-6(2)12-10(15)16-8-4-13(5-8)9(14)7(3)11/h6-8H,4-5H2,1-3H3,(H,12,15). The first-order chi connectivity index (χ1) is 7.40. The van der Waals surface area contributed by atoms with Gasteiger partial charge in [0.15, 0.2) is 0 Å². The Morgan fingerprint density at radius 3 is 2.38 bits per heavy atom. The summed E-state index contributed by atoms with van der Waals surface area (Å²) in [6, 6.07) is 0.0492. The maximum Gasteiger partial charge on any atom is 0.407 e. The molecule has 1 aliphatic heterocycles. The van der Waals surface area contributed by atoms with Crippen LogP contribution in [0.1, 0.15) is 20.8 Å². The number of nitrogens with one attached hydrogen (secondary N) is 1. The minimum atomic E-state index is -0.523. The van der Waals surface area contributed by atoms with Gasteiger partial charge in [-0.3, -0.25) is 4.79 Å². The van der Waals surface area contributed by atoms with E-state index in [1.54, 1.807) is 11.8 Å². The number of carbonyl (C=O) groups is 2. The molecule has 1 aliphatic rings. The summed E-state index contributed by atoms with van der Waals surface area (Å²) in [5.74, 6) is -0.120. The fourth-order valence-corrected chi connectivity index (χ4v) is 1.50. The van der Waals surface area contributed by atoms with Crippen molar-refractivity contribution in [1.29, 1.82) is 0 Å². The van der Waals surface area contributed by atoms with E-state index in [4.69, 9.17) is 16.3 Å². The first-order valence-corrected chi connectivity index (χ1v) is 5.73. The molecule has 0 aromatic heterocycles. The number of nitrogens with zero attached hydrogens (tertiary/aromatic N) is 1. The molecule has 0 aliphatic carbocycles. The highest BCUT2D eigenvalue weighted by molar-refractivity contribution is 6.30. The van der Waals surface area contributed by atoms with Crippen molar-refractivity contribution in [2.45, 2.75) is 38.3 Å². The molecule has 0 radical (unpaired) electrons. The fourth-order valence-electron chi connectivity index (χ4n) is 1.37. The Morgan fingerprint density at radius 2 is 1.94 bits per heavy atom. The number of halogens is 1. The molecule has 1 heterocycles. The normalized spacial score (nSPS) is 17.9. The number of ether oxygens (including phenoxy) is 1. The summed E-state index contributed by atoms with van der Waals surface area (Å²) in [4.78, 5) is 24.2. The predicted octanol–water partition coefficient (Wildman–Crippen LogP) is 0.959. The van der Waals surface area contributed by atoms with Gasteiger partial charge in [0.2, 0.25) is 5.91 Å². The monoisotopic (exact) mass is 248 g/mol. The third kappa shape index (κ3) is 3.56. The van der Waals surface area contributed by atoms with E-state index in [2.05, 4.69) is 5.32 Å². The van der Waals surface area contributed by atoms with Crippen molar-refractivity contribution in [3.8, 4) is 0 Å². The van der Waals surface area contributed by atoms with E-state index >= 15 is 0 Å². The van der Waals surface area contributed by atoms with Crippen LogP contribution in [0.15, 0.2) is 0 Å². The van der Waals surface area contributed by atoms with Crippen molar-refractivity contribution in [3.63, 3.8) is 0 Å². The van der Waals surface area contributed by atoms with Gasteiger partial charge in [-0.25, -0.2) is 4.79 Å². The Hall–Kier alpha value is -0.970. The van der Waals surface area contributed by atoms with Crippen molar-refractivity contribution < 1.29 is 14.3 Å². The van der Waals surface area contributed by atoms with Gasteiger partial charge in [-0.2, -0.15) is 0 Å². The minimum absolute atomic E-state index is 0.0492. The molecular formula is C10H17ClN2O3. The highest BCUT2D eigenvalue weighted by Gasteiger charge is 2.34. The molecule has 16 heavy (non-hydrogen) atoms. The number of carbonyl (C=O) groups excluding carboxylic acids is 2. The number of rotatable bonds is 3. The Labute approximate surface area is 100 Å².